The average Bonchev–Trinajstić information content (AvgIpc) is 2.75. The van der Waals surface area contributed by atoms with E-state index in [-0.39, 0.29) is 5.91 Å². The lowest BCUT2D eigenvalue weighted by atomic mass is 10.1. The predicted octanol–water partition coefficient (Wildman–Crippen LogP) is 1.97. The van der Waals surface area contributed by atoms with Crippen LogP contribution in [-0.4, -0.2) is 15.7 Å². The fourth-order valence-corrected chi connectivity index (χ4v) is 1.82. The van der Waals surface area contributed by atoms with Gasteiger partial charge in [0.25, 0.3) is 5.91 Å². The zero-order chi connectivity index (χ0) is 13.1. The van der Waals surface area contributed by atoms with E-state index in [4.69, 9.17) is 0 Å². The molecular formula is C14H17N3O. The van der Waals surface area contributed by atoms with Crippen LogP contribution < -0.4 is 5.32 Å². The van der Waals surface area contributed by atoms with Gasteiger partial charge in [-0.3, -0.25) is 9.48 Å². The molecule has 0 aliphatic heterocycles. The lowest BCUT2D eigenvalue weighted by Crippen LogP contribution is -2.23. The van der Waals surface area contributed by atoms with E-state index in [9.17, 15) is 4.79 Å². The van der Waals surface area contributed by atoms with Gasteiger partial charge in [0.15, 0.2) is 0 Å². The minimum atomic E-state index is -0.0416. The summed E-state index contributed by atoms with van der Waals surface area (Å²) in [6.07, 6.45) is 3.65. The summed E-state index contributed by atoms with van der Waals surface area (Å²) in [4.78, 5) is 12.1. The molecule has 0 radical (unpaired) electrons. The van der Waals surface area contributed by atoms with Crippen LogP contribution >= 0.6 is 0 Å². The highest BCUT2D eigenvalue weighted by Gasteiger charge is 2.09. The highest BCUT2D eigenvalue weighted by molar-refractivity contribution is 5.95. The quantitative estimate of drug-likeness (QED) is 0.895. The smallest absolute Gasteiger partial charge is 0.251 e. The molecule has 2 aromatic rings. The molecule has 1 N–H and O–H groups in total. The van der Waals surface area contributed by atoms with E-state index in [0.717, 1.165) is 22.3 Å². The summed E-state index contributed by atoms with van der Waals surface area (Å²) in [5, 5.41) is 6.97. The molecule has 4 nitrogen and oxygen atoms in total. The number of nitrogens with zero attached hydrogens (tertiary/aromatic N) is 2. The van der Waals surface area contributed by atoms with Crippen LogP contribution in [0.4, 0.5) is 0 Å². The van der Waals surface area contributed by atoms with E-state index in [1.54, 1.807) is 10.9 Å². The van der Waals surface area contributed by atoms with Gasteiger partial charge >= 0.3 is 0 Å². The van der Waals surface area contributed by atoms with Crippen molar-refractivity contribution in [2.45, 2.75) is 20.4 Å². The van der Waals surface area contributed by atoms with Gasteiger partial charge in [-0.15, -0.1) is 0 Å². The number of carbonyl (C=O) groups is 1. The van der Waals surface area contributed by atoms with Crippen LogP contribution in [0.1, 0.15) is 27.0 Å². The summed E-state index contributed by atoms with van der Waals surface area (Å²) < 4.78 is 1.72. The number of carbonyl (C=O) groups excluding carboxylic acids is 1. The first kappa shape index (κ1) is 12.4. The number of aryl methyl sites for hydroxylation is 3. The molecule has 1 aromatic heterocycles. The third kappa shape index (κ3) is 2.77. The number of rotatable bonds is 3. The Labute approximate surface area is 107 Å². The van der Waals surface area contributed by atoms with E-state index < -0.39 is 0 Å². The maximum Gasteiger partial charge on any atom is 0.251 e. The van der Waals surface area contributed by atoms with Gasteiger partial charge in [-0.05, 0) is 25.5 Å². The maximum absolute atomic E-state index is 12.1. The third-order valence-electron chi connectivity index (χ3n) is 2.85. The van der Waals surface area contributed by atoms with Crippen molar-refractivity contribution in [2.24, 2.45) is 7.05 Å². The van der Waals surface area contributed by atoms with Crippen molar-refractivity contribution in [1.29, 1.82) is 0 Å². The second-order valence-corrected chi connectivity index (χ2v) is 4.52. The van der Waals surface area contributed by atoms with Gasteiger partial charge in [0.1, 0.15) is 0 Å². The topological polar surface area (TPSA) is 46.9 Å². The Morgan fingerprint density at radius 1 is 1.39 bits per heavy atom. The van der Waals surface area contributed by atoms with Crippen molar-refractivity contribution in [3.8, 4) is 0 Å². The van der Waals surface area contributed by atoms with Gasteiger partial charge in [0.05, 0.1) is 6.20 Å². The molecule has 0 saturated heterocycles. The summed E-state index contributed by atoms with van der Waals surface area (Å²) in [6, 6.07) is 5.88. The van der Waals surface area contributed by atoms with Crippen LogP contribution in [0, 0.1) is 13.8 Å². The summed E-state index contributed by atoms with van der Waals surface area (Å²) in [7, 11) is 1.86. The summed E-state index contributed by atoms with van der Waals surface area (Å²) in [5.41, 5.74) is 3.81. The largest absolute Gasteiger partial charge is 0.348 e. The lowest BCUT2D eigenvalue weighted by Gasteiger charge is -2.07. The molecule has 1 aromatic carbocycles. The van der Waals surface area contributed by atoms with E-state index in [1.165, 1.54) is 0 Å². The Morgan fingerprint density at radius 3 is 2.83 bits per heavy atom. The predicted molar refractivity (Wildman–Crippen MR) is 70.3 cm³/mol. The van der Waals surface area contributed by atoms with E-state index in [1.807, 2.05) is 45.3 Å². The second kappa shape index (κ2) is 5.04. The first-order chi connectivity index (χ1) is 8.56. The number of amides is 1. The van der Waals surface area contributed by atoms with Crippen LogP contribution in [0.5, 0.6) is 0 Å². The maximum atomic E-state index is 12.1. The fraction of sp³-hybridized carbons (Fsp3) is 0.286. The number of aromatic nitrogens is 2. The molecule has 4 heteroatoms. The minimum Gasteiger partial charge on any atom is -0.348 e. The third-order valence-corrected chi connectivity index (χ3v) is 2.85. The Balaban J connectivity index is 2.05. The van der Waals surface area contributed by atoms with Crippen molar-refractivity contribution in [3.05, 3.63) is 52.8 Å². The summed E-state index contributed by atoms with van der Waals surface area (Å²) in [5.74, 6) is -0.0416. The molecular weight excluding hydrogens is 226 g/mol. The average molecular weight is 243 g/mol. The first-order valence-corrected chi connectivity index (χ1v) is 5.89. The number of hydrogen-bond acceptors (Lipinski definition) is 2. The molecule has 0 spiro atoms. The Kier molecular flexibility index (Phi) is 3.46. The van der Waals surface area contributed by atoms with Crippen molar-refractivity contribution >= 4 is 5.91 Å². The van der Waals surface area contributed by atoms with E-state index in [2.05, 4.69) is 10.4 Å². The van der Waals surface area contributed by atoms with Crippen molar-refractivity contribution in [3.63, 3.8) is 0 Å². The van der Waals surface area contributed by atoms with Crippen LogP contribution in [-0.2, 0) is 13.6 Å². The van der Waals surface area contributed by atoms with Crippen LogP contribution in [0.25, 0.3) is 0 Å². The number of nitrogens with one attached hydrogen (secondary N) is 1. The second-order valence-electron chi connectivity index (χ2n) is 4.52. The van der Waals surface area contributed by atoms with Gasteiger partial charge in [0, 0.05) is 30.9 Å². The SMILES string of the molecule is Cc1ccc(C)c(C(=O)NCc2cnn(C)c2)c1. The molecule has 1 amide bonds. The van der Waals surface area contributed by atoms with E-state index in [0.29, 0.717) is 6.54 Å². The van der Waals surface area contributed by atoms with Crippen LogP contribution in [0.15, 0.2) is 30.6 Å². The minimum absolute atomic E-state index is 0.0416. The summed E-state index contributed by atoms with van der Waals surface area (Å²) in [6.45, 7) is 4.43. The molecule has 1 heterocycles. The highest BCUT2D eigenvalue weighted by Crippen LogP contribution is 2.10. The zero-order valence-electron chi connectivity index (χ0n) is 10.9. The number of hydrogen-bond donors (Lipinski definition) is 1. The van der Waals surface area contributed by atoms with E-state index >= 15 is 0 Å². The van der Waals surface area contributed by atoms with Gasteiger partial charge in [0.2, 0.25) is 0 Å². The molecule has 0 saturated carbocycles. The first-order valence-electron chi connectivity index (χ1n) is 5.89. The van der Waals surface area contributed by atoms with Gasteiger partial charge in [-0.25, -0.2) is 0 Å². The summed E-state index contributed by atoms with van der Waals surface area (Å²) >= 11 is 0. The monoisotopic (exact) mass is 243 g/mol. The number of benzene rings is 1. The lowest BCUT2D eigenvalue weighted by molar-refractivity contribution is 0.0950. The highest BCUT2D eigenvalue weighted by atomic mass is 16.1. The van der Waals surface area contributed by atoms with Crippen LogP contribution in [0.2, 0.25) is 0 Å². The van der Waals surface area contributed by atoms with Crippen molar-refractivity contribution < 1.29 is 4.79 Å². The Hall–Kier alpha value is -2.10. The molecule has 0 bridgehead atoms. The normalized spacial score (nSPS) is 10.4. The Bertz CT molecular complexity index is 572. The van der Waals surface area contributed by atoms with Gasteiger partial charge in [-0.1, -0.05) is 17.7 Å². The molecule has 0 aliphatic rings. The molecule has 18 heavy (non-hydrogen) atoms. The molecule has 94 valence electrons. The zero-order valence-corrected chi connectivity index (χ0v) is 10.9. The fourth-order valence-electron chi connectivity index (χ4n) is 1.82. The molecule has 0 unspecified atom stereocenters. The van der Waals surface area contributed by atoms with Crippen LogP contribution in [0.3, 0.4) is 0 Å². The molecule has 2 rings (SSSR count). The Morgan fingerprint density at radius 2 is 2.17 bits per heavy atom. The molecule has 0 fully saturated rings. The molecule has 0 atom stereocenters. The van der Waals surface area contributed by atoms with Gasteiger partial charge in [-0.2, -0.15) is 5.10 Å². The van der Waals surface area contributed by atoms with Crippen molar-refractivity contribution in [2.75, 3.05) is 0 Å². The standard InChI is InChI=1S/C14H17N3O/c1-10-4-5-11(2)13(6-10)14(18)15-7-12-8-16-17(3)9-12/h4-6,8-9H,7H2,1-3H3,(H,15,18). The molecule has 0 aliphatic carbocycles. The van der Waals surface area contributed by atoms with Crippen molar-refractivity contribution in [1.82, 2.24) is 15.1 Å². The van der Waals surface area contributed by atoms with Gasteiger partial charge < -0.3 is 5.32 Å².